The summed E-state index contributed by atoms with van der Waals surface area (Å²) < 4.78 is 23.9. The number of carbonyl (C=O) groups is 1. The van der Waals surface area contributed by atoms with Crippen LogP contribution in [0.4, 0.5) is 5.82 Å². The largest absolute Gasteiger partial charge is 0.367 e. The van der Waals surface area contributed by atoms with Crippen molar-refractivity contribution >= 4 is 21.7 Å². The Morgan fingerprint density at radius 3 is 2.60 bits per heavy atom. The molecule has 0 saturated heterocycles. The first-order valence-corrected chi connectivity index (χ1v) is 10.4. The third-order valence-corrected chi connectivity index (χ3v) is 5.83. The van der Waals surface area contributed by atoms with Crippen LogP contribution in [0.2, 0.25) is 0 Å². The third-order valence-electron chi connectivity index (χ3n) is 4.52. The Morgan fingerprint density at radius 2 is 2.00 bits per heavy atom. The Labute approximate surface area is 149 Å². The van der Waals surface area contributed by atoms with Gasteiger partial charge in [0.25, 0.3) is 0 Å². The van der Waals surface area contributed by atoms with Gasteiger partial charge in [-0.2, -0.15) is 0 Å². The molecule has 1 aromatic heterocycles. The maximum Gasteiger partial charge on any atom is 0.223 e. The number of aromatic nitrogens is 2. The van der Waals surface area contributed by atoms with E-state index in [0.717, 1.165) is 43.6 Å². The van der Waals surface area contributed by atoms with E-state index in [0.29, 0.717) is 12.6 Å². The van der Waals surface area contributed by atoms with Crippen LogP contribution < -0.4 is 10.6 Å². The Bertz CT molecular complexity index is 687. The van der Waals surface area contributed by atoms with E-state index in [1.807, 2.05) is 13.0 Å². The van der Waals surface area contributed by atoms with Crippen molar-refractivity contribution in [1.29, 1.82) is 0 Å². The lowest BCUT2D eigenvalue weighted by Gasteiger charge is -2.29. The number of hydrogen-bond acceptors (Lipinski definition) is 6. The Hall–Kier alpha value is -1.74. The van der Waals surface area contributed by atoms with E-state index >= 15 is 0 Å². The smallest absolute Gasteiger partial charge is 0.223 e. The average Bonchev–Trinajstić information content (AvgIpc) is 2.54. The fourth-order valence-electron chi connectivity index (χ4n) is 2.89. The van der Waals surface area contributed by atoms with Crippen molar-refractivity contribution in [2.24, 2.45) is 5.92 Å². The Kier molecular flexibility index (Phi) is 6.71. The molecule has 1 saturated carbocycles. The van der Waals surface area contributed by atoms with Crippen LogP contribution in [-0.4, -0.2) is 61.0 Å². The van der Waals surface area contributed by atoms with E-state index in [2.05, 4.69) is 20.6 Å². The van der Waals surface area contributed by atoms with E-state index < -0.39 is 10.0 Å². The summed E-state index contributed by atoms with van der Waals surface area (Å²) in [6.07, 6.45) is 6.33. The van der Waals surface area contributed by atoms with Crippen molar-refractivity contribution in [3.8, 4) is 0 Å². The van der Waals surface area contributed by atoms with Crippen LogP contribution in [0.5, 0.6) is 0 Å². The van der Waals surface area contributed by atoms with Crippen LogP contribution in [0.1, 0.15) is 31.5 Å². The molecule has 0 bridgehead atoms. The number of nitrogens with zero attached hydrogens (tertiary/aromatic N) is 3. The molecule has 1 amide bonds. The van der Waals surface area contributed by atoms with E-state index in [-0.39, 0.29) is 18.4 Å². The Morgan fingerprint density at radius 1 is 1.32 bits per heavy atom. The second-order valence-corrected chi connectivity index (χ2v) is 8.65. The molecule has 9 heteroatoms. The van der Waals surface area contributed by atoms with Crippen molar-refractivity contribution in [3.05, 3.63) is 18.1 Å². The number of rotatable bonds is 7. The summed E-state index contributed by atoms with van der Waals surface area (Å²) in [5.41, 5.74) is 0. The number of likely N-dealkylation sites (N-methyl/N-ethyl adjacent to an activating group) is 1. The molecule has 0 spiro atoms. The first-order valence-electron chi connectivity index (χ1n) is 8.51. The van der Waals surface area contributed by atoms with E-state index in [1.165, 1.54) is 11.4 Å². The molecule has 140 valence electrons. The molecule has 1 heterocycles. The molecule has 0 unspecified atom stereocenters. The number of sulfonamides is 1. The number of anilines is 1. The summed E-state index contributed by atoms with van der Waals surface area (Å²) in [5, 5.41) is 6.24. The van der Waals surface area contributed by atoms with Gasteiger partial charge in [0.1, 0.15) is 11.6 Å². The topological polar surface area (TPSA) is 104 Å². The molecule has 2 N–H and O–H groups in total. The SMILES string of the molecule is Cc1nccc(NC2CCC(C(=O)NCCN(C)S(C)(=O)=O)CC2)n1. The van der Waals surface area contributed by atoms with Crippen molar-refractivity contribution < 1.29 is 13.2 Å². The van der Waals surface area contributed by atoms with E-state index in [1.54, 1.807) is 6.20 Å². The second-order valence-electron chi connectivity index (χ2n) is 6.56. The number of amides is 1. The molecule has 1 aliphatic carbocycles. The van der Waals surface area contributed by atoms with Crippen LogP contribution in [0, 0.1) is 12.8 Å². The molecule has 1 fully saturated rings. The number of nitrogens with one attached hydrogen (secondary N) is 2. The highest BCUT2D eigenvalue weighted by atomic mass is 32.2. The molecular weight excluding hydrogens is 342 g/mol. The molecule has 0 radical (unpaired) electrons. The van der Waals surface area contributed by atoms with Gasteiger partial charge < -0.3 is 10.6 Å². The van der Waals surface area contributed by atoms with Crippen LogP contribution in [0.25, 0.3) is 0 Å². The van der Waals surface area contributed by atoms with Gasteiger partial charge in [-0.3, -0.25) is 4.79 Å². The van der Waals surface area contributed by atoms with Gasteiger partial charge in [-0.15, -0.1) is 0 Å². The first kappa shape index (κ1) is 19.6. The van der Waals surface area contributed by atoms with E-state index in [4.69, 9.17) is 0 Å². The van der Waals surface area contributed by atoms with Crippen LogP contribution in [0.15, 0.2) is 12.3 Å². The minimum Gasteiger partial charge on any atom is -0.367 e. The summed E-state index contributed by atoms with van der Waals surface area (Å²) in [6.45, 7) is 2.48. The van der Waals surface area contributed by atoms with Gasteiger partial charge in [-0.25, -0.2) is 22.7 Å². The fraction of sp³-hybridized carbons (Fsp3) is 0.688. The fourth-order valence-corrected chi connectivity index (χ4v) is 3.32. The summed E-state index contributed by atoms with van der Waals surface area (Å²) >= 11 is 0. The molecular formula is C16H27N5O3S. The molecule has 0 aromatic carbocycles. The molecule has 8 nitrogen and oxygen atoms in total. The number of aryl methyl sites for hydroxylation is 1. The minimum absolute atomic E-state index is 0.00581. The lowest BCUT2D eigenvalue weighted by Crippen LogP contribution is -2.40. The van der Waals surface area contributed by atoms with Crippen molar-refractivity contribution in [2.75, 3.05) is 31.7 Å². The van der Waals surface area contributed by atoms with Crippen molar-refractivity contribution in [3.63, 3.8) is 0 Å². The zero-order chi connectivity index (χ0) is 18.4. The van der Waals surface area contributed by atoms with Crippen LogP contribution >= 0.6 is 0 Å². The molecule has 0 aliphatic heterocycles. The highest BCUT2D eigenvalue weighted by Crippen LogP contribution is 2.26. The lowest BCUT2D eigenvalue weighted by atomic mass is 9.85. The second kappa shape index (κ2) is 8.57. The first-order chi connectivity index (χ1) is 11.8. The van der Waals surface area contributed by atoms with Crippen molar-refractivity contribution in [1.82, 2.24) is 19.6 Å². The summed E-state index contributed by atoms with van der Waals surface area (Å²) in [5.74, 6) is 1.56. The average molecular weight is 369 g/mol. The molecule has 2 rings (SSSR count). The third kappa shape index (κ3) is 6.24. The molecule has 0 atom stereocenters. The quantitative estimate of drug-likeness (QED) is 0.735. The van der Waals surface area contributed by atoms with E-state index in [9.17, 15) is 13.2 Å². The van der Waals surface area contributed by atoms with Gasteiger partial charge in [0.05, 0.1) is 6.26 Å². The van der Waals surface area contributed by atoms with Gasteiger partial charge in [0.15, 0.2) is 0 Å². The molecule has 25 heavy (non-hydrogen) atoms. The number of carbonyl (C=O) groups excluding carboxylic acids is 1. The zero-order valence-electron chi connectivity index (χ0n) is 15.0. The lowest BCUT2D eigenvalue weighted by molar-refractivity contribution is -0.125. The summed E-state index contributed by atoms with van der Waals surface area (Å²) in [7, 11) is -1.70. The highest BCUT2D eigenvalue weighted by molar-refractivity contribution is 7.88. The minimum atomic E-state index is -3.20. The van der Waals surface area contributed by atoms with Crippen LogP contribution in [-0.2, 0) is 14.8 Å². The number of hydrogen-bond donors (Lipinski definition) is 2. The summed E-state index contributed by atoms with van der Waals surface area (Å²) in [6, 6.07) is 2.17. The highest BCUT2D eigenvalue weighted by Gasteiger charge is 2.26. The predicted molar refractivity (Wildman–Crippen MR) is 96.6 cm³/mol. The van der Waals surface area contributed by atoms with Gasteiger partial charge >= 0.3 is 0 Å². The normalized spacial score (nSPS) is 21.1. The predicted octanol–water partition coefficient (Wildman–Crippen LogP) is 0.763. The zero-order valence-corrected chi connectivity index (χ0v) is 15.8. The monoisotopic (exact) mass is 369 g/mol. The standard InChI is InChI=1S/C16H27N5O3S/c1-12-17-9-8-15(19-12)20-14-6-4-13(5-7-14)16(22)18-10-11-21(2)25(3,23)24/h8-9,13-14H,4-7,10-11H2,1-3H3,(H,18,22)(H,17,19,20). The summed E-state index contributed by atoms with van der Waals surface area (Å²) in [4.78, 5) is 20.6. The van der Waals surface area contributed by atoms with Gasteiger partial charge in [0.2, 0.25) is 15.9 Å². The maximum absolute atomic E-state index is 12.2. The van der Waals surface area contributed by atoms with Gasteiger partial charge in [0, 0.05) is 38.3 Å². The van der Waals surface area contributed by atoms with Gasteiger partial charge in [-0.05, 0) is 38.7 Å². The van der Waals surface area contributed by atoms with Crippen molar-refractivity contribution in [2.45, 2.75) is 38.6 Å². The molecule has 1 aliphatic rings. The Balaban J connectivity index is 1.71. The molecule has 1 aromatic rings. The van der Waals surface area contributed by atoms with Gasteiger partial charge in [-0.1, -0.05) is 0 Å². The maximum atomic E-state index is 12.2. The van der Waals surface area contributed by atoms with Crippen LogP contribution in [0.3, 0.4) is 0 Å².